The number of nitrogens with one attached hydrogen (secondary N) is 4. The minimum Gasteiger partial charge on any atom is -0.326 e. The SMILES string of the molecule is CC[NH+](CC(=O)Nc1ccc(NC(C)=O)cc1)[C@H](C)C(=O)Nc1cccc(Cl)c1. The number of amides is 3. The molecule has 154 valence electrons. The molecule has 0 aliphatic rings. The Balaban J connectivity index is 1.92. The van der Waals surface area contributed by atoms with Crippen molar-refractivity contribution in [2.45, 2.75) is 26.8 Å². The molecule has 4 N–H and O–H groups in total. The number of benzene rings is 2. The molecule has 0 saturated heterocycles. The monoisotopic (exact) mass is 417 g/mol. The first-order chi connectivity index (χ1) is 13.8. The first-order valence-corrected chi connectivity index (χ1v) is 9.74. The van der Waals surface area contributed by atoms with Gasteiger partial charge in [0.1, 0.15) is 0 Å². The lowest BCUT2D eigenvalue weighted by molar-refractivity contribution is -0.904. The van der Waals surface area contributed by atoms with E-state index in [0.717, 1.165) is 4.90 Å². The van der Waals surface area contributed by atoms with Gasteiger partial charge in [-0.25, -0.2) is 0 Å². The lowest BCUT2D eigenvalue weighted by Crippen LogP contribution is -3.17. The van der Waals surface area contributed by atoms with E-state index in [1.54, 1.807) is 55.5 Å². The van der Waals surface area contributed by atoms with Crippen LogP contribution in [-0.4, -0.2) is 36.9 Å². The Labute approximate surface area is 175 Å². The van der Waals surface area contributed by atoms with E-state index < -0.39 is 6.04 Å². The maximum Gasteiger partial charge on any atom is 0.282 e. The second kappa shape index (κ2) is 10.6. The first kappa shape index (κ1) is 22.4. The lowest BCUT2D eigenvalue weighted by Gasteiger charge is -2.23. The molecule has 7 nitrogen and oxygen atoms in total. The minimum absolute atomic E-state index is 0.147. The van der Waals surface area contributed by atoms with Crippen molar-refractivity contribution in [3.05, 3.63) is 53.6 Å². The van der Waals surface area contributed by atoms with Gasteiger partial charge in [-0.15, -0.1) is 0 Å². The highest BCUT2D eigenvalue weighted by molar-refractivity contribution is 6.30. The third-order valence-electron chi connectivity index (χ3n) is 4.43. The van der Waals surface area contributed by atoms with E-state index in [-0.39, 0.29) is 24.3 Å². The minimum atomic E-state index is -0.424. The van der Waals surface area contributed by atoms with Crippen LogP contribution in [0.4, 0.5) is 17.1 Å². The Morgan fingerprint density at radius 2 is 1.59 bits per heavy atom. The third-order valence-corrected chi connectivity index (χ3v) is 4.66. The summed E-state index contributed by atoms with van der Waals surface area (Å²) in [6.45, 7) is 5.90. The lowest BCUT2D eigenvalue weighted by atomic mass is 10.2. The van der Waals surface area contributed by atoms with Crippen molar-refractivity contribution in [3.63, 3.8) is 0 Å². The van der Waals surface area contributed by atoms with Crippen molar-refractivity contribution in [3.8, 4) is 0 Å². The van der Waals surface area contributed by atoms with E-state index in [2.05, 4.69) is 16.0 Å². The van der Waals surface area contributed by atoms with Gasteiger partial charge in [0.25, 0.3) is 11.8 Å². The standard InChI is InChI=1S/C21H25ClN4O3/c1-4-26(14(2)21(29)25-19-7-5-6-16(22)12-19)13-20(28)24-18-10-8-17(9-11-18)23-15(3)27/h5-12,14H,4,13H2,1-3H3,(H,23,27)(H,24,28)(H,25,29)/p+1/t14-/m1/s1. The van der Waals surface area contributed by atoms with E-state index in [1.807, 2.05) is 6.92 Å². The summed E-state index contributed by atoms with van der Waals surface area (Å²) in [4.78, 5) is 36.9. The van der Waals surface area contributed by atoms with Gasteiger partial charge in [0.05, 0.1) is 6.54 Å². The Bertz CT molecular complexity index is 870. The van der Waals surface area contributed by atoms with Gasteiger partial charge >= 0.3 is 0 Å². The number of anilines is 3. The fraction of sp³-hybridized carbons (Fsp3) is 0.286. The van der Waals surface area contributed by atoms with Crippen LogP contribution in [0.3, 0.4) is 0 Å². The molecule has 2 aromatic carbocycles. The highest BCUT2D eigenvalue weighted by Gasteiger charge is 2.26. The van der Waals surface area contributed by atoms with Crippen LogP contribution in [0.1, 0.15) is 20.8 Å². The van der Waals surface area contributed by atoms with E-state index >= 15 is 0 Å². The van der Waals surface area contributed by atoms with Crippen LogP contribution in [0.25, 0.3) is 0 Å². The smallest absolute Gasteiger partial charge is 0.282 e. The van der Waals surface area contributed by atoms with Crippen molar-refractivity contribution in [1.29, 1.82) is 0 Å². The van der Waals surface area contributed by atoms with Crippen LogP contribution in [0, 0.1) is 0 Å². The Morgan fingerprint density at radius 1 is 0.966 bits per heavy atom. The molecule has 0 saturated carbocycles. The van der Waals surface area contributed by atoms with Gasteiger partial charge in [0, 0.05) is 29.0 Å². The zero-order valence-corrected chi connectivity index (χ0v) is 17.5. The molecule has 1 unspecified atom stereocenters. The second-order valence-corrected chi connectivity index (χ2v) is 7.15. The van der Waals surface area contributed by atoms with Crippen molar-refractivity contribution in [2.75, 3.05) is 29.0 Å². The third kappa shape index (κ3) is 7.21. The summed E-state index contributed by atoms with van der Waals surface area (Å²) in [5, 5.41) is 8.86. The zero-order valence-electron chi connectivity index (χ0n) is 16.7. The van der Waals surface area contributed by atoms with Gasteiger partial charge in [0.15, 0.2) is 12.6 Å². The molecule has 0 radical (unpaired) electrons. The molecule has 0 bridgehead atoms. The molecule has 3 amide bonds. The molecule has 0 aliphatic heterocycles. The summed E-state index contributed by atoms with van der Waals surface area (Å²) in [7, 11) is 0. The van der Waals surface area contributed by atoms with Crippen molar-refractivity contribution in [2.24, 2.45) is 0 Å². The molecule has 8 heteroatoms. The van der Waals surface area contributed by atoms with E-state index in [9.17, 15) is 14.4 Å². The van der Waals surface area contributed by atoms with Gasteiger partial charge in [-0.1, -0.05) is 17.7 Å². The van der Waals surface area contributed by atoms with Crippen LogP contribution in [0.2, 0.25) is 5.02 Å². The Kier molecular flexibility index (Phi) is 8.18. The van der Waals surface area contributed by atoms with Crippen molar-refractivity contribution in [1.82, 2.24) is 0 Å². The highest BCUT2D eigenvalue weighted by Crippen LogP contribution is 2.15. The molecular weight excluding hydrogens is 392 g/mol. The number of hydrogen-bond donors (Lipinski definition) is 4. The largest absolute Gasteiger partial charge is 0.326 e. The quantitative estimate of drug-likeness (QED) is 0.530. The van der Waals surface area contributed by atoms with Crippen molar-refractivity contribution < 1.29 is 19.3 Å². The summed E-state index contributed by atoms with van der Waals surface area (Å²) >= 11 is 5.95. The number of likely N-dealkylation sites (N-methyl/N-ethyl adjacent to an activating group) is 1. The predicted octanol–water partition coefficient (Wildman–Crippen LogP) is 2.17. The molecule has 0 spiro atoms. The van der Waals surface area contributed by atoms with Crippen LogP contribution in [0.15, 0.2) is 48.5 Å². The normalized spacial score (nSPS) is 12.6. The van der Waals surface area contributed by atoms with Crippen LogP contribution < -0.4 is 20.9 Å². The molecule has 0 fully saturated rings. The Hall–Kier alpha value is -2.90. The topological polar surface area (TPSA) is 91.7 Å². The molecule has 2 atom stereocenters. The second-order valence-electron chi connectivity index (χ2n) is 6.72. The molecule has 2 aromatic rings. The summed E-state index contributed by atoms with van der Waals surface area (Å²) in [6.07, 6.45) is 0. The summed E-state index contributed by atoms with van der Waals surface area (Å²) in [6, 6.07) is 13.4. The van der Waals surface area contributed by atoms with Gasteiger partial charge in [-0.2, -0.15) is 0 Å². The summed E-state index contributed by atoms with van der Waals surface area (Å²) in [5.41, 5.74) is 1.90. The van der Waals surface area contributed by atoms with E-state index in [0.29, 0.717) is 28.6 Å². The molecule has 0 aromatic heterocycles. The van der Waals surface area contributed by atoms with Gasteiger partial charge < -0.3 is 20.9 Å². The van der Waals surface area contributed by atoms with E-state index in [4.69, 9.17) is 11.6 Å². The summed E-state index contributed by atoms with van der Waals surface area (Å²) in [5.74, 6) is -0.540. The Morgan fingerprint density at radius 3 is 2.14 bits per heavy atom. The van der Waals surface area contributed by atoms with Crippen LogP contribution in [0.5, 0.6) is 0 Å². The average Bonchev–Trinajstić information content (AvgIpc) is 2.66. The van der Waals surface area contributed by atoms with Gasteiger partial charge in [0.2, 0.25) is 5.91 Å². The molecular formula is C21H26ClN4O3+. The number of hydrogen-bond acceptors (Lipinski definition) is 3. The fourth-order valence-electron chi connectivity index (χ4n) is 2.84. The number of carbonyl (C=O) groups is 3. The average molecular weight is 418 g/mol. The van der Waals surface area contributed by atoms with Crippen molar-refractivity contribution >= 4 is 46.4 Å². The van der Waals surface area contributed by atoms with Crippen LogP contribution >= 0.6 is 11.6 Å². The highest BCUT2D eigenvalue weighted by atomic mass is 35.5. The molecule has 29 heavy (non-hydrogen) atoms. The molecule has 0 aliphatic carbocycles. The van der Waals surface area contributed by atoms with E-state index in [1.165, 1.54) is 6.92 Å². The number of carbonyl (C=O) groups excluding carboxylic acids is 3. The number of quaternary nitrogens is 1. The molecule has 0 heterocycles. The maximum atomic E-state index is 12.5. The predicted molar refractivity (Wildman–Crippen MR) is 115 cm³/mol. The first-order valence-electron chi connectivity index (χ1n) is 9.37. The molecule has 2 rings (SSSR count). The van der Waals surface area contributed by atoms with Gasteiger partial charge in [-0.3, -0.25) is 14.4 Å². The number of rotatable bonds is 8. The zero-order chi connectivity index (χ0) is 21.4. The van der Waals surface area contributed by atoms with Crippen LogP contribution in [-0.2, 0) is 14.4 Å². The summed E-state index contributed by atoms with van der Waals surface area (Å²) < 4.78 is 0. The maximum absolute atomic E-state index is 12.5. The number of halogens is 1. The van der Waals surface area contributed by atoms with Gasteiger partial charge in [-0.05, 0) is 56.3 Å². The fourth-order valence-corrected chi connectivity index (χ4v) is 3.03.